The molecule has 0 aromatic rings. The number of aliphatic hydroxyl groups excluding tert-OH is 1. The Morgan fingerprint density at radius 1 is 1.62 bits per heavy atom. The fourth-order valence-electron chi connectivity index (χ4n) is 1.15. The van der Waals surface area contributed by atoms with Crippen molar-refractivity contribution in [3.8, 4) is 0 Å². The fourth-order valence-corrected chi connectivity index (χ4v) is 1.15. The molecule has 1 heterocycles. The van der Waals surface area contributed by atoms with Gasteiger partial charge >= 0.3 is 0 Å². The van der Waals surface area contributed by atoms with Crippen molar-refractivity contribution < 1.29 is 5.11 Å². The summed E-state index contributed by atoms with van der Waals surface area (Å²) in [4.78, 5) is 4.30. The molecule has 13 heavy (non-hydrogen) atoms. The Balaban J connectivity index is 2.34. The SMILES string of the molecule is CC(CO)C(C)NC1=NCCCN1. The van der Waals surface area contributed by atoms with Gasteiger partial charge in [0, 0.05) is 25.7 Å². The minimum Gasteiger partial charge on any atom is -0.396 e. The van der Waals surface area contributed by atoms with E-state index in [-0.39, 0.29) is 18.6 Å². The summed E-state index contributed by atoms with van der Waals surface area (Å²) in [6.45, 7) is 6.17. The van der Waals surface area contributed by atoms with Crippen LogP contribution in [-0.2, 0) is 0 Å². The maximum atomic E-state index is 8.93. The molecule has 2 unspecified atom stereocenters. The Kier molecular flexibility index (Phi) is 4.02. The first-order valence-electron chi connectivity index (χ1n) is 4.89. The van der Waals surface area contributed by atoms with Gasteiger partial charge in [-0.1, -0.05) is 6.92 Å². The molecule has 0 saturated carbocycles. The second kappa shape index (κ2) is 5.07. The highest BCUT2D eigenvalue weighted by atomic mass is 16.3. The van der Waals surface area contributed by atoms with E-state index in [0.717, 1.165) is 25.5 Å². The van der Waals surface area contributed by atoms with E-state index in [4.69, 9.17) is 5.11 Å². The lowest BCUT2D eigenvalue weighted by Gasteiger charge is -2.23. The van der Waals surface area contributed by atoms with Crippen molar-refractivity contribution in [1.29, 1.82) is 0 Å². The summed E-state index contributed by atoms with van der Waals surface area (Å²) in [6, 6.07) is 0.259. The highest BCUT2D eigenvalue weighted by Gasteiger charge is 2.13. The van der Waals surface area contributed by atoms with Gasteiger partial charge in [0.2, 0.25) is 0 Å². The topological polar surface area (TPSA) is 56.6 Å². The molecule has 0 aliphatic carbocycles. The van der Waals surface area contributed by atoms with E-state index in [1.807, 2.05) is 6.92 Å². The van der Waals surface area contributed by atoms with Crippen molar-refractivity contribution in [2.24, 2.45) is 10.9 Å². The highest BCUT2D eigenvalue weighted by Crippen LogP contribution is 2.00. The van der Waals surface area contributed by atoms with Crippen molar-refractivity contribution in [2.75, 3.05) is 19.7 Å². The standard InChI is InChI=1S/C9H19N3O/c1-7(6-13)8(2)12-9-10-4-3-5-11-9/h7-8,13H,3-6H2,1-2H3,(H2,10,11,12). The number of nitrogens with zero attached hydrogens (tertiary/aromatic N) is 1. The average molecular weight is 185 g/mol. The Bertz CT molecular complexity index is 182. The molecule has 1 rings (SSSR count). The number of hydrogen-bond donors (Lipinski definition) is 3. The summed E-state index contributed by atoms with van der Waals surface area (Å²) in [7, 11) is 0. The second-order valence-corrected chi connectivity index (χ2v) is 3.60. The fraction of sp³-hybridized carbons (Fsp3) is 0.889. The normalized spacial score (nSPS) is 21.3. The van der Waals surface area contributed by atoms with Gasteiger partial charge in [-0.2, -0.15) is 0 Å². The molecule has 0 aromatic carbocycles. The Morgan fingerprint density at radius 2 is 2.38 bits per heavy atom. The zero-order chi connectivity index (χ0) is 9.68. The molecule has 1 aliphatic rings. The van der Waals surface area contributed by atoms with Crippen LogP contribution in [0.4, 0.5) is 0 Å². The predicted molar refractivity (Wildman–Crippen MR) is 53.8 cm³/mol. The van der Waals surface area contributed by atoms with E-state index in [1.165, 1.54) is 0 Å². The zero-order valence-electron chi connectivity index (χ0n) is 8.38. The second-order valence-electron chi connectivity index (χ2n) is 3.60. The molecule has 1 aliphatic heterocycles. The maximum absolute atomic E-state index is 8.93. The maximum Gasteiger partial charge on any atom is 0.191 e. The molecule has 0 saturated heterocycles. The minimum atomic E-state index is 0.210. The van der Waals surface area contributed by atoms with Gasteiger partial charge < -0.3 is 15.7 Å². The smallest absolute Gasteiger partial charge is 0.191 e. The predicted octanol–water partition coefficient (Wildman–Crippen LogP) is -0.0578. The van der Waals surface area contributed by atoms with Crippen LogP contribution in [0.5, 0.6) is 0 Å². The van der Waals surface area contributed by atoms with Crippen LogP contribution < -0.4 is 10.6 Å². The lowest BCUT2D eigenvalue weighted by molar-refractivity contribution is 0.214. The van der Waals surface area contributed by atoms with E-state index in [0.29, 0.717) is 0 Å². The van der Waals surface area contributed by atoms with Crippen LogP contribution in [0.1, 0.15) is 20.3 Å². The molecule has 76 valence electrons. The molecule has 0 amide bonds. The Morgan fingerprint density at radius 3 is 2.92 bits per heavy atom. The van der Waals surface area contributed by atoms with Crippen LogP contribution >= 0.6 is 0 Å². The molecule has 0 radical (unpaired) electrons. The van der Waals surface area contributed by atoms with E-state index in [9.17, 15) is 0 Å². The quantitative estimate of drug-likeness (QED) is 0.577. The van der Waals surface area contributed by atoms with Gasteiger partial charge in [-0.15, -0.1) is 0 Å². The van der Waals surface area contributed by atoms with Crippen molar-refractivity contribution in [2.45, 2.75) is 26.3 Å². The van der Waals surface area contributed by atoms with E-state index < -0.39 is 0 Å². The summed E-state index contributed by atoms with van der Waals surface area (Å²) in [5, 5.41) is 15.4. The van der Waals surface area contributed by atoms with Crippen LogP contribution in [-0.4, -0.2) is 36.8 Å². The molecule has 0 aromatic heterocycles. The van der Waals surface area contributed by atoms with Crippen LogP contribution in [0.25, 0.3) is 0 Å². The first kappa shape index (κ1) is 10.3. The van der Waals surface area contributed by atoms with Gasteiger partial charge in [-0.05, 0) is 19.3 Å². The summed E-state index contributed by atoms with van der Waals surface area (Å²) < 4.78 is 0. The number of guanidine groups is 1. The molecule has 0 fully saturated rings. The van der Waals surface area contributed by atoms with E-state index >= 15 is 0 Å². The third-order valence-corrected chi connectivity index (χ3v) is 2.40. The molecule has 3 N–H and O–H groups in total. The minimum absolute atomic E-state index is 0.210. The molecule has 0 spiro atoms. The van der Waals surface area contributed by atoms with Crippen LogP contribution in [0.2, 0.25) is 0 Å². The molecule has 2 atom stereocenters. The molecular formula is C9H19N3O. The summed E-state index contributed by atoms with van der Waals surface area (Å²) >= 11 is 0. The van der Waals surface area contributed by atoms with Gasteiger partial charge in [0.1, 0.15) is 0 Å². The molecule has 0 bridgehead atoms. The highest BCUT2D eigenvalue weighted by molar-refractivity contribution is 5.80. The first-order valence-corrected chi connectivity index (χ1v) is 4.89. The van der Waals surface area contributed by atoms with Crippen molar-refractivity contribution in [1.82, 2.24) is 10.6 Å². The van der Waals surface area contributed by atoms with Gasteiger partial charge in [0.25, 0.3) is 0 Å². The first-order chi connectivity index (χ1) is 6.24. The number of aliphatic hydroxyl groups is 1. The summed E-state index contributed by atoms with van der Waals surface area (Å²) in [6.07, 6.45) is 1.11. The van der Waals surface area contributed by atoms with Gasteiger partial charge in [-0.25, -0.2) is 0 Å². The summed E-state index contributed by atoms with van der Waals surface area (Å²) in [5.41, 5.74) is 0. The van der Waals surface area contributed by atoms with Crippen LogP contribution in [0, 0.1) is 5.92 Å². The Hall–Kier alpha value is -0.770. The third kappa shape index (κ3) is 3.22. The number of aliphatic imine (C=N–C) groups is 1. The summed E-state index contributed by atoms with van der Waals surface area (Å²) in [5.74, 6) is 1.13. The number of hydrogen-bond acceptors (Lipinski definition) is 4. The monoisotopic (exact) mass is 185 g/mol. The zero-order valence-corrected chi connectivity index (χ0v) is 8.38. The Labute approximate surface area is 79.4 Å². The largest absolute Gasteiger partial charge is 0.396 e. The molecular weight excluding hydrogens is 166 g/mol. The van der Waals surface area contributed by atoms with Gasteiger partial charge in [-0.3, -0.25) is 4.99 Å². The average Bonchev–Trinajstić information content (AvgIpc) is 2.18. The lowest BCUT2D eigenvalue weighted by atomic mass is 10.1. The number of nitrogens with one attached hydrogen (secondary N) is 2. The van der Waals surface area contributed by atoms with Crippen molar-refractivity contribution in [3.05, 3.63) is 0 Å². The lowest BCUT2D eigenvalue weighted by Crippen LogP contribution is -2.47. The third-order valence-electron chi connectivity index (χ3n) is 2.40. The molecule has 4 heteroatoms. The van der Waals surface area contributed by atoms with Crippen LogP contribution in [0.3, 0.4) is 0 Å². The van der Waals surface area contributed by atoms with Gasteiger partial charge in [0.05, 0.1) is 0 Å². The van der Waals surface area contributed by atoms with E-state index in [1.54, 1.807) is 0 Å². The van der Waals surface area contributed by atoms with Crippen LogP contribution in [0.15, 0.2) is 4.99 Å². The van der Waals surface area contributed by atoms with Crippen molar-refractivity contribution >= 4 is 5.96 Å². The van der Waals surface area contributed by atoms with Gasteiger partial charge in [0.15, 0.2) is 5.96 Å². The van der Waals surface area contributed by atoms with E-state index in [2.05, 4.69) is 22.5 Å². The number of rotatable bonds is 3. The molecule has 4 nitrogen and oxygen atoms in total. The van der Waals surface area contributed by atoms with Crippen molar-refractivity contribution in [3.63, 3.8) is 0 Å².